The molecule has 0 aliphatic rings. The van der Waals surface area contributed by atoms with E-state index in [4.69, 9.17) is 0 Å². The molecule has 1 aromatic carbocycles. The normalized spacial score (nSPS) is 10.7. The van der Waals surface area contributed by atoms with E-state index in [1.807, 2.05) is 30.8 Å². The van der Waals surface area contributed by atoms with Gasteiger partial charge in [0, 0.05) is 24.6 Å². The Bertz CT molecular complexity index is 455. The molecule has 0 atom stereocenters. The smallest absolute Gasteiger partial charge is 0.191 e. The van der Waals surface area contributed by atoms with Crippen molar-refractivity contribution in [3.05, 3.63) is 48.3 Å². The fourth-order valence-electron chi connectivity index (χ4n) is 1.75. The number of guanidine groups is 1. The Balaban J connectivity index is 0.00000441. The summed E-state index contributed by atoms with van der Waals surface area (Å²) in [4.78, 5) is 4.50. The molecule has 0 aromatic heterocycles. The lowest BCUT2D eigenvalue weighted by atomic mass is 10.1. The van der Waals surface area contributed by atoms with Crippen LogP contribution in [0.3, 0.4) is 0 Å². The Labute approximate surface area is 154 Å². The molecule has 0 amide bonds. The van der Waals surface area contributed by atoms with Crippen LogP contribution in [0.2, 0.25) is 0 Å². The summed E-state index contributed by atoms with van der Waals surface area (Å²) in [7, 11) is 0. The third-order valence-corrected chi connectivity index (χ3v) is 3.62. The van der Waals surface area contributed by atoms with Crippen LogP contribution in [0.4, 0.5) is 4.39 Å². The summed E-state index contributed by atoms with van der Waals surface area (Å²) in [6.45, 7) is 8.06. The molecule has 3 nitrogen and oxygen atoms in total. The second kappa shape index (κ2) is 13.9. The molecule has 124 valence electrons. The van der Waals surface area contributed by atoms with E-state index >= 15 is 0 Å². The number of halogens is 2. The minimum atomic E-state index is -0.188. The average molecular weight is 437 g/mol. The molecule has 0 radical (unpaired) electrons. The van der Waals surface area contributed by atoms with Gasteiger partial charge in [0.25, 0.3) is 0 Å². The van der Waals surface area contributed by atoms with Crippen molar-refractivity contribution in [2.24, 2.45) is 4.99 Å². The zero-order valence-corrected chi connectivity index (χ0v) is 16.1. The fourth-order valence-corrected chi connectivity index (χ4v) is 2.30. The molecule has 0 unspecified atom stereocenters. The van der Waals surface area contributed by atoms with E-state index in [1.165, 1.54) is 6.07 Å². The summed E-state index contributed by atoms with van der Waals surface area (Å²) >= 11 is 1.81. The molecule has 0 aliphatic heterocycles. The summed E-state index contributed by atoms with van der Waals surface area (Å²) in [6.07, 6.45) is 2.67. The van der Waals surface area contributed by atoms with Gasteiger partial charge in [-0.25, -0.2) is 4.39 Å². The van der Waals surface area contributed by atoms with Crippen LogP contribution in [0.1, 0.15) is 12.5 Å². The van der Waals surface area contributed by atoms with Crippen molar-refractivity contribution in [2.75, 3.05) is 31.1 Å². The molecule has 0 aliphatic carbocycles. The molecule has 1 aromatic rings. The summed E-state index contributed by atoms with van der Waals surface area (Å²) in [5.74, 6) is 2.56. The molecule has 0 fully saturated rings. The van der Waals surface area contributed by atoms with E-state index < -0.39 is 0 Å². The molecular formula is C16H25FIN3S. The van der Waals surface area contributed by atoms with Gasteiger partial charge in [0.2, 0.25) is 0 Å². The van der Waals surface area contributed by atoms with Gasteiger partial charge in [-0.2, -0.15) is 11.8 Å². The number of nitrogens with one attached hydrogen (secondary N) is 2. The van der Waals surface area contributed by atoms with Gasteiger partial charge in [-0.05, 0) is 31.0 Å². The van der Waals surface area contributed by atoms with E-state index in [2.05, 4.69) is 22.2 Å². The van der Waals surface area contributed by atoms with E-state index in [0.717, 1.165) is 49.1 Å². The maximum absolute atomic E-state index is 13.1. The van der Waals surface area contributed by atoms with Crippen molar-refractivity contribution < 1.29 is 4.39 Å². The minimum absolute atomic E-state index is 0. The number of thioether (sulfide) groups is 1. The minimum Gasteiger partial charge on any atom is -0.357 e. The predicted molar refractivity (Wildman–Crippen MR) is 107 cm³/mol. The Morgan fingerprint density at radius 1 is 1.41 bits per heavy atom. The van der Waals surface area contributed by atoms with Crippen molar-refractivity contribution in [1.29, 1.82) is 0 Å². The Kier molecular flexibility index (Phi) is 13.4. The second-order valence-electron chi connectivity index (χ2n) is 4.43. The van der Waals surface area contributed by atoms with Gasteiger partial charge < -0.3 is 10.6 Å². The highest BCUT2D eigenvalue weighted by molar-refractivity contribution is 14.0. The van der Waals surface area contributed by atoms with Crippen LogP contribution in [0, 0.1) is 5.82 Å². The number of rotatable bonds is 9. The Morgan fingerprint density at radius 2 is 2.23 bits per heavy atom. The van der Waals surface area contributed by atoms with Crippen molar-refractivity contribution in [2.45, 2.75) is 13.3 Å². The summed E-state index contributed by atoms with van der Waals surface area (Å²) in [6, 6.07) is 6.70. The van der Waals surface area contributed by atoms with Crippen LogP contribution in [0.5, 0.6) is 0 Å². The van der Waals surface area contributed by atoms with Crippen molar-refractivity contribution in [3.63, 3.8) is 0 Å². The molecule has 0 heterocycles. The largest absolute Gasteiger partial charge is 0.357 e. The quantitative estimate of drug-likeness (QED) is 0.204. The standard InChI is InChI=1S/C16H24FN3S.HI/c1-3-11-21-12-10-20-16(18-4-2)19-9-8-14-6-5-7-15(17)13-14;/h3,5-7,13H,1,4,8-12H2,2H3,(H2,18,19,20);1H. The number of hydrogen-bond acceptors (Lipinski definition) is 2. The summed E-state index contributed by atoms with van der Waals surface area (Å²) < 4.78 is 13.1. The summed E-state index contributed by atoms with van der Waals surface area (Å²) in [5.41, 5.74) is 0.986. The number of hydrogen-bond donors (Lipinski definition) is 2. The first-order chi connectivity index (χ1) is 10.3. The van der Waals surface area contributed by atoms with E-state index in [0.29, 0.717) is 0 Å². The third-order valence-electron chi connectivity index (χ3n) is 2.68. The maximum atomic E-state index is 13.1. The fraction of sp³-hybridized carbons (Fsp3) is 0.438. The molecule has 0 saturated carbocycles. The van der Waals surface area contributed by atoms with Crippen molar-refractivity contribution in [3.8, 4) is 0 Å². The van der Waals surface area contributed by atoms with Crippen molar-refractivity contribution in [1.82, 2.24) is 10.6 Å². The lowest BCUT2D eigenvalue weighted by Gasteiger charge is -2.11. The first-order valence-electron chi connectivity index (χ1n) is 7.21. The van der Waals surface area contributed by atoms with Gasteiger partial charge in [0.05, 0.1) is 6.54 Å². The van der Waals surface area contributed by atoms with Gasteiger partial charge in [0.1, 0.15) is 5.82 Å². The van der Waals surface area contributed by atoms with Gasteiger partial charge >= 0.3 is 0 Å². The topological polar surface area (TPSA) is 36.4 Å². The maximum Gasteiger partial charge on any atom is 0.191 e. The lowest BCUT2D eigenvalue weighted by Crippen LogP contribution is -2.38. The zero-order valence-electron chi connectivity index (χ0n) is 13.0. The molecule has 0 saturated heterocycles. The molecule has 0 spiro atoms. The lowest BCUT2D eigenvalue weighted by molar-refractivity contribution is 0.625. The number of aliphatic imine (C=N–C) groups is 1. The van der Waals surface area contributed by atoms with Crippen molar-refractivity contribution >= 4 is 41.7 Å². The number of nitrogens with zero attached hydrogens (tertiary/aromatic N) is 1. The molecular weight excluding hydrogens is 412 g/mol. The Morgan fingerprint density at radius 3 is 2.91 bits per heavy atom. The van der Waals surface area contributed by atoms with E-state index in [1.54, 1.807) is 12.1 Å². The van der Waals surface area contributed by atoms with Crippen LogP contribution in [-0.2, 0) is 6.42 Å². The zero-order chi connectivity index (χ0) is 15.3. The first-order valence-corrected chi connectivity index (χ1v) is 8.37. The second-order valence-corrected chi connectivity index (χ2v) is 5.58. The highest BCUT2D eigenvalue weighted by Gasteiger charge is 1.98. The first kappa shape index (κ1) is 21.2. The molecule has 6 heteroatoms. The highest BCUT2D eigenvalue weighted by Crippen LogP contribution is 2.03. The average Bonchev–Trinajstić information content (AvgIpc) is 2.47. The van der Waals surface area contributed by atoms with Crippen LogP contribution >= 0.6 is 35.7 Å². The SMILES string of the molecule is C=CCSCCN=C(NCC)NCCc1cccc(F)c1.I. The van der Waals surface area contributed by atoms with Crippen LogP contribution in [0.25, 0.3) is 0 Å². The van der Waals surface area contributed by atoms with Gasteiger partial charge in [-0.3, -0.25) is 4.99 Å². The van der Waals surface area contributed by atoms with Gasteiger partial charge in [0.15, 0.2) is 5.96 Å². The molecule has 22 heavy (non-hydrogen) atoms. The molecule has 0 bridgehead atoms. The van der Waals surface area contributed by atoms with Crippen LogP contribution < -0.4 is 10.6 Å². The number of benzene rings is 1. The van der Waals surface area contributed by atoms with Gasteiger partial charge in [-0.1, -0.05) is 18.2 Å². The Hall–Kier alpha value is -0.760. The molecule has 1 rings (SSSR count). The third kappa shape index (κ3) is 10.0. The van der Waals surface area contributed by atoms with Crippen LogP contribution in [0.15, 0.2) is 41.9 Å². The van der Waals surface area contributed by atoms with E-state index in [9.17, 15) is 4.39 Å². The highest BCUT2D eigenvalue weighted by atomic mass is 127. The van der Waals surface area contributed by atoms with Crippen LogP contribution in [-0.4, -0.2) is 37.1 Å². The molecule has 2 N–H and O–H groups in total. The van der Waals surface area contributed by atoms with E-state index in [-0.39, 0.29) is 29.8 Å². The summed E-state index contributed by atoms with van der Waals surface area (Å²) in [5, 5.41) is 6.47. The predicted octanol–water partition coefficient (Wildman–Crippen LogP) is 3.46. The monoisotopic (exact) mass is 437 g/mol. The van der Waals surface area contributed by atoms with Gasteiger partial charge in [-0.15, -0.1) is 30.6 Å².